The molecule has 0 unspecified atom stereocenters. The Morgan fingerprint density at radius 1 is 1.07 bits per heavy atom. The van der Waals surface area contributed by atoms with E-state index in [1.54, 1.807) is 13.3 Å². The minimum atomic E-state index is 0. The number of halogens is 1. The van der Waals surface area contributed by atoms with Crippen LogP contribution in [0.4, 0.5) is 0 Å². The van der Waals surface area contributed by atoms with E-state index in [4.69, 9.17) is 4.42 Å². The molecule has 0 saturated heterocycles. The second-order valence-electron chi connectivity index (χ2n) is 7.38. The summed E-state index contributed by atoms with van der Waals surface area (Å²) in [5.41, 5.74) is 4.87. The topological polar surface area (TPSA) is 62.5 Å². The lowest BCUT2D eigenvalue weighted by atomic mass is 9.92. The Bertz CT molecular complexity index is 964. The van der Waals surface area contributed by atoms with Crippen molar-refractivity contribution < 1.29 is 4.42 Å². The van der Waals surface area contributed by atoms with Gasteiger partial charge in [-0.05, 0) is 43.0 Å². The van der Waals surface area contributed by atoms with Gasteiger partial charge in [-0.25, -0.2) is 4.98 Å². The maximum atomic E-state index is 5.60. The molecule has 2 N–H and O–H groups in total. The van der Waals surface area contributed by atoms with Gasteiger partial charge >= 0.3 is 0 Å². The molecule has 1 aromatic heterocycles. The zero-order valence-electron chi connectivity index (χ0n) is 16.8. The van der Waals surface area contributed by atoms with Crippen LogP contribution in [0.2, 0.25) is 0 Å². The van der Waals surface area contributed by atoms with Crippen molar-refractivity contribution in [2.24, 2.45) is 4.99 Å². The first-order valence-corrected chi connectivity index (χ1v) is 9.71. The van der Waals surface area contributed by atoms with Crippen molar-refractivity contribution in [3.63, 3.8) is 0 Å². The molecule has 0 radical (unpaired) electrons. The fourth-order valence-corrected chi connectivity index (χ4v) is 3.61. The summed E-state index contributed by atoms with van der Waals surface area (Å²) in [5.74, 6) is 1.42. The minimum Gasteiger partial charge on any atom is -0.444 e. The van der Waals surface area contributed by atoms with E-state index in [1.807, 2.05) is 30.3 Å². The van der Waals surface area contributed by atoms with Gasteiger partial charge in [0.1, 0.15) is 6.26 Å². The van der Waals surface area contributed by atoms with Gasteiger partial charge in [0.15, 0.2) is 5.96 Å². The molecule has 1 fully saturated rings. The van der Waals surface area contributed by atoms with Crippen LogP contribution in [0, 0.1) is 6.92 Å². The number of aromatic nitrogens is 1. The average Bonchev–Trinajstić information content (AvgIpc) is 3.37. The van der Waals surface area contributed by atoms with Crippen molar-refractivity contribution in [2.45, 2.75) is 31.7 Å². The molecule has 0 aliphatic heterocycles. The van der Waals surface area contributed by atoms with Gasteiger partial charge in [-0.2, -0.15) is 0 Å². The zero-order valence-corrected chi connectivity index (χ0v) is 19.1. The fourth-order valence-electron chi connectivity index (χ4n) is 3.61. The van der Waals surface area contributed by atoms with Crippen LogP contribution in [0.5, 0.6) is 0 Å². The number of benzene rings is 2. The Balaban J connectivity index is 0.00000240. The number of nitrogens with one attached hydrogen (secondary N) is 2. The number of hydrogen-bond donors (Lipinski definition) is 2. The Hall–Kier alpha value is -2.35. The first-order valence-electron chi connectivity index (χ1n) is 9.71. The molecule has 1 aliphatic carbocycles. The molecule has 0 amide bonds. The number of oxazole rings is 1. The van der Waals surface area contributed by atoms with Crippen LogP contribution in [0.1, 0.15) is 29.7 Å². The van der Waals surface area contributed by atoms with Crippen LogP contribution in [0.3, 0.4) is 0 Å². The molecular formula is C23H27IN4O. The zero-order chi connectivity index (χ0) is 19.4. The van der Waals surface area contributed by atoms with Crippen molar-refractivity contribution >= 4 is 29.9 Å². The number of aryl methyl sites for hydroxylation is 1. The normalized spacial score (nSPS) is 14.8. The van der Waals surface area contributed by atoms with Gasteiger partial charge in [0.2, 0.25) is 5.89 Å². The summed E-state index contributed by atoms with van der Waals surface area (Å²) in [6.07, 6.45) is 4.12. The third-order valence-electron chi connectivity index (χ3n) is 5.40. The predicted octanol–water partition coefficient (Wildman–Crippen LogP) is 4.66. The van der Waals surface area contributed by atoms with E-state index >= 15 is 0 Å². The lowest BCUT2D eigenvalue weighted by Gasteiger charge is -2.20. The fraction of sp³-hybridized carbons (Fsp3) is 0.304. The lowest BCUT2D eigenvalue weighted by molar-refractivity contribution is 0.572. The maximum Gasteiger partial charge on any atom is 0.226 e. The Morgan fingerprint density at radius 3 is 2.48 bits per heavy atom. The van der Waals surface area contributed by atoms with E-state index in [0.717, 1.165) is 23.8 Å². The molecule has 0 atom stereocenters. The standard InChI is InChI=1S/C23H26N4O.HI/c1-17-8-6-7-11-20(17)23(12-13-23)16-26-22(24-2)25-14-19-15-28-21(27-19)18-9-4-3-5-10-18;/h3-11,15H,12-14,16H2,1-2H3,(H2,24,25,26);1H. The lowest BCUT2D eigenvalue weighted by Crippen LogP contribution is -2.41. The summed E-state index contributed by atoms with van der Waals surface area (Å²) in [5, 5.41) is 6.82. The van der Waals surface area contributed by atoms with Gasteiger partial charge in [-0.3, -0.25) is 4.99 Å². The highest BCUT2D eigenvalue weighted by Crippen LogP contribution is 2.48. The third-order valence-corrected chi connectivity index (χ3v) is 5.40. The summed E-state index contributed by atoms with van der Waals surface area (Å²) in [4.78, 5) is 8.91. The van der Waals surface area contributed by atoms with E-state index in [1.165, 1.54) is 24.0 Å². The number of aliphatic imine (C=N–C) groups is 1. The third kappa shape index (κ3) is 4.98. The molecule has 0 bridgehead atoms. The molecule has 6 heteroatoms. The van der Waals surface area contributed by atoms with Crippen molar-refractivity contribution in [1.82, 2.24) is 15.6 Å². The predicted molar refractivity (Wildman–Crippen MR) is 128 cm³/mol. The summed E-state index contributed by atoms with van der Waals surface area (Å²) < 4.78 is 5.60. The number of rotatable bonds is 6. The molecule has 3 aromatic rings. The molecule has 4 rings (SSSR count). The van der Waals surface area contributed by atoms with E-state index < -0.39 is 0 Å². The van der Waals surface area contributed by atoms with Gasteiger partial charge in [-0.1, -0.05) is 42.5 Å². The summed E-state index contributed by atoms with van der Waals surface area (Å²) in [7, 11) is 1.79. The van der Waals surface area contributed by atoms with Gasteiger partial charge in [0.25, 0.3) is 0 Å². The van der Waals surface area contributed by atoms with Crippen LogP contribution < -0.4 is 10.6 Å². The van der Waals surface area contributed by atoms with Crippen LogP contribution in [0.25, 0.3) is 11.5 Å². The highest BCUT2D eigenvalue weighted by Gasteiger charge is 2.44. The first kappa shape index (κ1) is 21.4. The maximum absolute atomic E-state index is 5.60. The van der Waals surface area contributed by atoms with Crippen molar-refractivity contribution in [3.8, 4) is 11.5 Å². The molecule has 152 valence electrons. The Kier molecular flexibility index (Phi) is 6.95. The molecule has 0 spiro atoms. The molecule has 1 aliphatic rings. The highest BCUT2D eigenvalue weighted by atomic mass is 127. The van der Waals surface area contributed by atoms with E-state index in [2.05, 4.69) is 51.8 Å². The molecule has 5 nitrogen and oxygen atoms in total. The Morgan fingerprint density at radius 2 is 1.79 bits per heavy atom. The molecule has 2 aromatic carbocycles. The van der Waals surface area contributed by atoms with E-state index in [-0.39, 0.29) is 29.4 Å². The Labute approximate surface area is 189 Å². The summed E-state index contributed by atoms with van der Waals surface area (Å²) in [6.45, 7) is 3.64. The quantitative estimate of drug-likeness (QED) is 0.292. The number of nitrogens with zero attached hydrogens (tertiary/aromatic N) is 2. The summed E-state index contributed by atoms with van der Waals surface area (Å²) >= 11 is 0. The number of guanidine groups is 1. The van der Waals surface area contributed by atoms with Crippen LogP contribution in [0.15, 0.2) is 70.3 Å². The monoisotopic (exact) mass is 502 g/mol. The van der Waals surface area contributed by atoms with Gasteiger partial charge < -0.3 is 15.1 Å². The summed E-state index contributed by atoms with van der Waals surface area (Å²) in [6, 6.07) is 18.6. The van der Waals surface area contributed by atoms with Crippen LogP contribution >= 0.6 is 24.0 Å². The SMILES string of the molecule is CN=C(NCc1coc(-c2ccccc2)n1)NCC1(c2ccccc2C)CC1.I. The van der Waals surface area contributed by atoms with E-state index in [9.17, 15) is 0 Å². The number of hydrogen-bond acceptors (Lipinski definition) is 3. The second-order valence-corrected chi connectivity index (χ2v) is 7.38. The van der Waals surface area contributed by atoms with Crippen molar-refractivity contribution in [1.29, 1.82) is 0 Å². The highest BCUT2D eigenvalue weighted by molar-refractivity contribution is 14.0. The molecular weight excluding hydrogens is 475 g/mol. The van der Waals surface area contributed by atoms with Crippen LogP contribution in [-0.4, -0.2) is 24.5 Å². The van der Waals surface area contributed by atoms with Crippen LogP contribution in [-0.2, 0) is 12.0 Å². The molecule has 1 saturated carbocycles. The molecule has 1 heterocycles. The first-order chi connectivity index (χ1) is 13.7. The largest absolute Gasteiger partial charge is 0.444 e. The van der Waals surface area contributed by atoms with E-state index in [0.29, 0.717) is 12.4 Å². The van der Waals surface area contributed by atoms with Crippen molar-refractivity contribution in [3.05, 3.63) is 77.7 Å². The average molecular weight is 502 g/mol. The second kappa shape index (κ2) is 9.43. The van der Waals surface area contributed by atoms with Gasteiger partial charge in [0.05, 0.1) is 12.2 Å². The smallest absolute Gasteiger partial charge is 0.226 e. The van der Waals surface area contributed by atoms with Gasteiger partial charge in [0, 0.05) is 24.6 Å². The van der Waals surface area contributed by atoms with Gasteiger partial charge in [-0.15, -0.1) is 24.0 Å². The van der Waals surface area contributed by atoms with Crippen molar-refractivity contribution in [2.75, 3.05) is 13.6 Å². The molecule has 29 heavy (non-hydrogen) atoms. The minimum absolute atomic E-state index is 0.